The number of nitriles is 1. The van der Waals surface area contributed by atoms with Crippen molar-refractivity contribution in [2.24, 2.45) is 11.3 Å². The zero-order valence-electron chi connectivity index (χ0n) is 12.2. The van der Waals surface area contributed by atoms with Crippen LogP contribution in [-0.2, 0) is 4.79 Å². The van der Waals surface area contributed by atoms with Crippen LogP contribution in [-0.4, -0.2) is 23.9 Å². The molecule has 0 radical (unpaired) electrons. The second kappa shape index (κ2) is 6.22. The van der Waals surface area contributed by atoms with Gasteiger partial charge in [0.05, 0.1) is 6.07 Å². The van der Waals surface area contributed by atoms with E-state index in [9.17, 15) is 10.1 Å². The highest BCUT2D eigenvalue weighted by atomic mass is 16.2. The number of hydrogen-bond donors (Lipinski definition) is 0. The Kier molecular flexibility index (Phi) is 5.19. The molecule has 1 aliphatic carbocycles. The lowest BCUT2D eigenvalue weighted by Gasteiger charge is -2.33. The van der Waals surface area contributed by atoms with Gasteiger partial charge < -0.3 is 4.90 Å². The van der Waals surface area contributed by atoms with Crippen molar-refractivity contribution < 1.29 is 4.79 Å². The van der Waals surface area contributed by atoms with Crippen LogP contribution in [0.25, 0.3) is 0 Å². The number of carbonyl (C=O) groups excluding carboxylic acids is 1. The maximum Gasteiger partial charge on any atom is 0.243 e. The number of rotatable bonds is 7. The SMILES string of the molecule is CCCC(C#N)(CCC)C(=O)N(C)C(C)C1CC1. The first kappa shape index (κ1) is 15.0. The number of carbonyl (C=O) groups is 1. The summed E-state index contributed by atoms with van der Waals surface area (Å²) in [5.74, 6) is 0.687. The minimum Gasteiger partial charge on any atom is -0.341 e. The van der Waals surface area contributed by atoms with Crippen LogP contribution in [0.5, 0.6) is 0 Å². The van der Waals surface area contributed by atoms with Gasteiger partial charge in [-0.05, 0) is 38.5 Å². The number of nitrogens with zero attached hydrogens (tertiary/aromatic N) is 2. The van der Waals surface area contributed by atoms with Crippen molar-refractivity contribution in [3.63, 3.8) is 0 Å². The second-order valence-electron chi connectivity index (χ2n) is 5.69. The molecule has 0 bridgehead atoms. The monoisotopic (exact) mass is 250 g/mol. The average molecular weight is 250 g/mol. The van der Waals surface area contributed by atoms with Crippen LogP contribution in [0.4, 0.5) is 0 Å². The molecule has 0 aromatic heterocycles. The molecule has 0 aromatic rings. The van der Waals surface area contributed by atoms with E-state index < -0.39 is 5.41 Å². The van der Waals surface area contributed by atoms with Crippen molar-refractivity contribution in [3.8, 4) is 6.07 Å². The summed E-state index contributed by atoms with van der Waals surface area (Å²) in [5.41, 5.74) is -0.790. The smallest absolute Gasteiger partial charge is 0.243 e. The molecule has 1 amide bonds. The zero-order chi connectivity index (χ0) is 13.8. The highest BCUT2D eigenvalue weighted by Gasteiger charge is 2.42. The van der Waals surface area contributed by atoms with Crippen molar-refractivity contribution in [1.29, 1.82) is 5.26 Å². The molecule has 0 spiro atoms. The van der Waals surface area contributed by atoms with Gasteiger partial charge in [-0.25, -0.2) is 0 Å². The van der Waals surface area contributed by atoms with E-state index in [1.54, 1.807) is 0 Å². The Morgan fingerprint density at radius 1 is 1.39 bits per heavy atom. The standard InChI is InChI=1S/C15H26N2O/c1-5-9-15(11-16,10-6-2)14(18)17(4)12(3)13-7-8-13/h12-13H,5-10H2,1-4H3. The topological polar surface area (TPSA) is 44.1 Å². The molecular formula is C15H26N2O. The molecule has 3 heteroatoms. The minimum absolute atomic E-state index is 0.0353. The highest BCUT2D eigenvalue weighted by Crippen LogP contribution is 2.38. The van der Waals surface area contributed by atoms with Gasteiger partial charge in [0.25, 0.3) is 0 Å². The van der Waals surface area contributed by atoms with E-state index in [2.05, 4.69) is 13.0 Å². The van der Waals surface area contributed by atoms with Gasteiger partial charge in [0.15, 0.2) is 0 Å². The van der Waals surface area contributed by atoms with E-state index in [4.69, 9.17) is 0 Å². The fourth-order valence-electron chi connectivity index (χ4n) is 2.77. The molecule has 0 heterocycles. The van der Waals surface area contributed by atoms with Crippen LogP contribution in [0.2, 0.25) is 0 Å². The summed E-state index contributed by atoms with van der Waals surface area (Å²) in [6, 6.07) is 2.60. The Morgan fingerprint density at radius 2 is 1.89 bits per heavy atom. The quantitative estimate of drug-likeness (QED) is 0.695. The highest BCUT2D eigenvalue weighted by molar-refractivity contribution is 5.85. The lowest BCUT2D eigenvalue weighted by Crippen LogP contribution is -2.46. The third kappa shape index (κ3) is 3.04. The zero-order valence-corrected chi connectivity index (χ0v) is 12.2. The first-order chi connectivity index (χ1) is 8.52. The van der Waals surface area contributed by atoms with E-state index in [1.165, 1.54) is 12.8 Å². The summed E-state index contributed by atoms with van der Waals surface area (Å²) in [7, 11) is 1.86. The maximum absolute atomic E-state index is 12.7. The summed E-state index contributed by atoms with van der Waals surface area (Å²) in [4.78, 5) is 14.5. The molecule has 0 aliphatic heterocycles. The third-order valence-electron chi connectivity index (χ3n) is 4.21. The van der Waals surface area contributed by atoms with Crippen LogP contribution in [0.1, 0.15) is 59.3 Å². The van der Waals surface area contributed by atoms with E-state index in [-0.39, 0.29) is 11.9 Å². The molecule has 0 aromatic carbocycles. The maximum atomic E-state index is 12.7. The van der Waals surface area contributed by atoms with Gasteiger partial charge in [0, 0.05) is 13.1 Å². The molecule has 18 heavy (non-hydrogen) atoms. The van der Waals surface area contributed by atoms with Gasteiger partial charge in [-0.3, -0.25) is 4.79 Å². The van der Waals surface area contributed by atoms with Gasteiger partial charge in [0.1, 0.15) is 5.41 Å². The number of amides is 1. The molecule has 1 aliphatic rings. The van der Waals surface area contributed by atoms with Crippen LogP contribution in [0, 0.1) is 22.7 Å². The molecule has 1 unspecified atom stereocenters. The van der Waals surface area contributed by atoms with Crippen LogP contribution < -0.4 is 0 Å². The summed E-state index contributed by atoms with van der Waals surface area (Å²) in [6.07, 6.45) is 5.56. The van der Waals surface area contributed by atoms with Crippen molar-refractivity contribution >= 4 is 5.91 Å². The van der Waals surface area contributed by atoms with Crippen molar-refractivity contribution in [2.75, 3.05) is 7.05 Å². The molecule has 0 saturated heterocycles. The van der Waals surface area contributed by atoms with E-state index in [0.717, 1.165) is 12.8 Å². The van der Waals surface area contributed by atoms with Gasteiger partial charge >= 0.3 is 0 Å². The van der Waals surface area contributed by atoms with Crippen LogP contribution in [0.15, 0.2) is 0 Å². The van der Waals surface area contributed by atoms with Crippen molar-refractivity contribution in [3.05, 3.63) is 0 Å². The summed E-state index contributed by atoms with van der Waals surface area (Å²) in [6.45, 7) is 6.19. The Labute approximate surface area is 111 Å². The van der Waals surface area contributed by atoms with Crippen LogP contribution >= 0.6 is 0 Å². The van der Waals surface area contributed by atoms with Gasteiger partial charge in [0.2, 0.25) is 5.91 Å². The Balaban J connectivity index is 2.83. The number of hydrogen-bond acceptors (Lipinski definition) is 2. The lowest BCUT2D eigenvalue weighted by molar-refractivity contribution is -0.140. The van der Waals surface area contributed by atoms with Gasteiger partial charge in [-0.2, -0.15) is 5.26 Å². The molecule has 0 N–H and O–H groups in total. The third-order valence-corrected chi connectivity index (χ3v) is 4.21. The molecule has 1 atom stereocenters. The van der Waals surface area contributed by atoms with E-state index >= 15 is 0 Å². The van der Waals surface area contributed by atoms with Crippen molar-refractivity contribution in [2.45, 2.75) is 65.3 Å². The molecule has 1 saturated carbocycles. The Morgan fingerprint density at radius 3 is 2.22 bits per heavy atom. The summed E-state index contributed by atoms with van der Waals surface area (Å²) >= 11 is 0. The molecule has 1 fully saturated rings. The lowest BCUT2D eigenvalue weighted by atomic mass is 9.79. The second-order valence-corrected chi connectivity index (χ2v) is 5.69. The van der Waals surface area contributed by atoms with Gasteiger partial charge in [-0.1, -0.05) is 26.7 Å². The first-order valence-corrected chi connectivity index (χ1v) is 7.21. The van der Waals surface area contributed by atoms with E-state index in [1.807, 2.05) is 25.8 Å². The van der Waals surface area contributed by atoms with Gasteiger partial charge in [-0.15, -0.1) is 0 Å². The Hall–Kier alpha value is -1.04. The van der Waals surface area contributed by atoms with Crippen LogP contribution in [0.3, 0.4) is 0 Å². The molecule has 3 nitrogen and oxygen atoms in total. The van der Waals surface area contributed by atoms with E-state index in [0.29, 0.717) is 18.8 Å². The molecular weight excluding hydrogens is 224 g/mol. The largest absolute Gasteiger partial charge is 0.341 e. The molecule has 1 rings (SSSR count). The predicted molar refractivity (Wildman–Crippen MR) is 72.8 cm³/mol. The fraction of sp³-hybridized carbons (Fsp3) is 0.867. The fourth-order valence-corrected chi connectivity index (χ4v) is 2.77. The summed E-state index contributed by atoms with van der Waals surface area (Å²) < 4.78 is 0. The minimum atomic E-state index is -0.790. The molecule has 102 valence electrons. The van der Waals surface area contributed by atoms with Crippen molar-refractivity contribution in [1.82, 2.24) is 4.90 Å². The summed E-state index contributed by atoms with van der Waals surface area (Å²) in [5, 5.41) is 9.50. The first-order valence-electron chi connectivity index (χ1n) is 7.21. The predicted octanol–water partition coefficient (Wildman–Crippen LogP) is 3.35. The average Bonchev–Trinajstić information content (AvgIpc) is 3.20. The Bertz CT molecular complexity index is 322. The normalized spacial score (nSPS) is 17.1.